The van der Waals surface area contributed by atoms with E-state index in [-0.39, 0.29) is 6.04 Å². The van der Waals surface area contributed by atoms with Crippen LogP contribution in [0.2, 0.25) is 13.0 Å². The topological polar surface area (TPSA) is 12.0 Å². The van der Waals surface area contributed by atoms with E-state index in [4.69, 9.17) is 34.8 Å². The van der Waals surface area contributed by atoms with E-state index in [0.717, 1.165) is 25.1 Å². The van der Waals surface area contributed by atoms with Crippen LogP contribution in [0, 0.1) is 0 Å². The van der Waals surface area contributed by atoms with E-state index in [1.165, 1.54) is 16.2 Å². The van der Waals surface area contributed by atoms with Crippen molar-refractivity contribution in [2.75, 3.05) is 0 Å². The van der Waals surface area contributed by atoms with E-state index >= 15 is 0 Å². The summed E-state index contributed by atoms with van der Waals surface area (Å²) in [4.78, 5) is 1.21. The summed E-state index contributed by atoms with van der Waals surface area (Å²) < 4.78 is 2.28. The van der Waals surface area contributed by atoms with Crippen molar-refractivity contribution in [3.63, 3.8) is 0 Å². The van der Waals surface area contributed by atoms with Gasteiger partial charge in [0.1, 0.15) is 0 Å². The lowest BCUT2D eigenvalue weighted by Crippen LogP contribution is -2.17. The molecule has 0 aliphatic heterocycles. The molecule has 1 N–H and O–H groups in total. The van der Waals surface area contributed by atoms with Crippen LogP contribution in [-0.4, -0.2) is 0 Å². The summed E-state index contributed by atoms with van der Waals surface area (Å²) in [5.41, 5.74) is 1.05. The van der Waals surface area contributed by atoms with Crippen molar-refractivity contribution in [3.05, 3.63) is 41.6 Å². The molecule has 0 bridgehead atoms. The number of thiophene rings is 2. The normalized spacial score (nSPS) is 12.9. The first kappa shape index (κ1) is 13.7. The molecule has 1 nitrogen and oxygen atoms in total. The summed E-state index contributed by atoms with van der Waals surface area (Å²) in [6.07, 6.45) is 0. The molecule has 2 heterocycles. The predicted molar refractivity (Wildman–Crippen MR) is 78.9 cm³/mol. The molecule has 1 atom stereocenters. The van der Waals surface area contributed by atoms with E-state index in [1.807, 2.05) is 18.2 Å². The monoisotopic (exact) mass is 325 g/mol. The molecule has 0 amide bonds. The van der Waals surface area contributed by atoms with Gasteiger partial charge in [-0.3, -0.25) is 0 Å². The first-order valence-corrected chi connectivity index (χ1v) is 7.75. The minimum Gasteiger partial charge on any atom is -0.305 e. The molecule has 0 spiro atoms. The Morgan fingerprint density at radius 3 is 2.47 bits per heavy atom. The van der Waals surface area contributed by atoms with E-state index in [9.17, 15) is 0 Å². The van der Waals surface area contributed by atoms with Crippen molar-refractivity contribution in [3.8, 4) is 0 Å². The van der Waals surface area contributed by atoms with Crippen LogP contribution in [0.4, 0.5) is 0 Å². The van der Waals surface area contributed by atoms with Crippen molar-refractivity contribution in [1.29, 1.82) is 0 Å². The van der Waals surface area contributed by atoms with Crippen LogP contribution >= 0.6 is 57.5 Å². The van der Waals surface area contributed by atoms with Crippen LogP contribution in [0.25, 0.3) is 0 Å². The molecule has 0 fully saturated rings. The van der Waals surface area contributed by atoms with E-state index in [0.29, 0.717) is 0 Å². The van der Waals surface area contributed by atoms with Crippen LogP contribution < -0.4 is 5.32 Å². The zero-order chi connectivity index (χ0) is 12.4. The van der Waals surface area contributed by atoms with Crippen LogP contribution in [0.1, 0.15) is 23.4 Å². The third-order valence-electron chi connectivity index (χ3n) is 2.36. The minimum atomic E-state index is 0.173. The molecule has 0 saturated carbocycles. The fourth-order valence-corrected chi connectivity index (χ4v) is 4.14. The average molecular weight is 327 g/mol. The first-order chi connectivity index (χ1) is 8.06. The van der Waals surface area contributed by atoms with Crippen LogP contribution in [0.15, 0.2) is 18.2 Å². The Balaban J connectivity index is 1.97. The number of nitrogens with one attached hydrogen (secondary N) is 1. The van der Waals surface area contributed by atoms with Gasteiger partial charge in [-0.25, -0.2) is 0 Å². The first-order valence-electron chi connectivity index (χ1n) is 4.98. The van der Waals surface area contributed by atoms with Gasteiger partial charge >= 0.3 is 0 Å². The quantitative estimate of drug-likeness (QED) is 0.768. The number of halogens is 3. The highest BCUT2D eigenvalue weighted by molar-refractivity contribution is 7.20. The van der Waals surface area contributed by atoms with Gasteiger partial charge < -0.3 is 5.32 Å². The van der Waals surface area contributed by atoms with Crippen LogP contribution in [0.3, 0.4) is 0 Å². The highest BCUT2D eigenvalue weighted by atomic mass is 35.5. The van der Waals surface area contributed by atoms with Crippen molar-refractivity contribution in [2.24, 2.45) is 0 Å². The number of hydrogen-bond acceptors (Lipinski definition) is 3. The summed E-state index contributed by atoms with van der Waals surface area (Å²) in [5, 5.41) is 3.40. The van der Waals surface area contributed by atoms with Crippen LogP contribution in [0.5, 0.6) is 0 Å². The van der Waals surface area contributed by atoms with Gasteiger partial charge in [0, 0.05) is 17.5 Å². The maximum absolute atomic E-state index is 6.10. The summed E-state index contributed by atoms with van der Waals surface area (Å²) in [6, 6.07) is 6.01. The lowest BCUT2D eigenvalue weighted by atomic mass is 10.2. The fraction of sp³-hybridized carbons (Fsp3) is 0.273. The summed E-state index contributed by atoms with van der Waals surface area (Å²) in [5.74, 6) is 0. The molecular weight excluding hydrogens is 317 g/mol. The molecule has 0 aliphatic carbocycles. The molecule has 2 rings (SSSR count). The van der Waals surface area contributed by atoms with Gasteiger partial charge in [0.15, 0.2) is 0 Å². The van der Waals surface area contributed by atoms with Gasteiger partial charge in [-0.2, -0.15) is 0 Å². The number of hydrogen-bond donors (Lipinski definition) is 1. The fourth-order valence-electron chi connectivity index (χ4n) is 1.46. The third kappa shape index (κ3) is 3.60. The second-order valence-electron chi connectivity index (χ2n) is 3.59. The molecule has 1 unspecified atom stereocenters. The highest BCUT2D eigenvalue weighted by Crippen LogP contribution is 2.35. The van der Waals surface area contributed by atoms with E-state index in [1.54, 1.807) is 11.3 Å². The standard InChI is InChI=1S/C11H10Cl3NS2/c1-6(8-4-10(13)17-11(8)14)15-5-7-2-3-9(12)16-7/h2-4,6,15H,5H2,1H3. The molecule has 0 radical (unpaired) electrons. The largest absolute Gasteiger partial charge is 0.305 e. The summed E-state index contributed by atoms with van der Waals surface area (Å²) in [7, 11) is 0. The Morgan fingerprint density at radius 2 is 1.94 bits per heavy atom. The lowest BCUT2D eigenvalue weighted by Gasteiger charge is -2.12. The molecule has 17 heavy (non-hydrogen) atoms. The Hall–Kier alpha value is 0.230. The maximum Gasteiger partial charge on any atom is 0.0991 e. The molecular formula is C11H10Cl3NS2. The molecule has 0 aliphatic rings. The van der Waals surface area contributed by atoms with E-state index < -0.39 is 0 Å². The molecule has 0 saturated heterocycles. The summed E-state index contributed by atoms with van der Waals surface area (Å²) >= 11 is 20.9. The Bertz CT molecular complexity index is 507. The second kappa shape index (κ2) is 5.91. The maximum atomic E-state index is 6.10. The molecule has 92 valence electrons. The SMILES string of the molecule is CC(NCc1ccc(Cl)s1)c1cc(Cl)sc1Cl. The van der Waals surface area contributed by atoms with Gasteiger partial charge in [0.25, 0.3) is 0 Å². The van der Waals surface area contributed by atoms with Crippen molar-refractivity contribution >= 4 is 57.5 Å². The molecule has 2 aromatic rings. The lowest BCUT2D eigenvalue weighted by molar-refractivity contribution is 0.580. The minimum absolute atomic E-state index is 0.173. The van der Waals surface area contributed by atoms with Gasteiger partial charge in [0.05, 0.1) is 13.0 Å². The van der Waals surface area contributed by atoms with Gasteiger partial charge in [-0.05, 0) is 30.7 Å². The zero-order valence-corrected chi connectivity index (χ0v) is 12.9. The second-order valence-corrected chi connectivity index (χ2v) is 7.67. The van der Waals surface area contributed by atoms with Crippen molar-refractivity contribution in [2.45, 2.75) is 19.5 Å². The Labute approximate surface area is 123 Å². The molecule has 0 aromatic carbocycles. The zero-order valence-electron chi connectivity index (χ0n) is 8.97. The highest BCUT2D eigenvalue weighted by Gasteiger charge is 2.13. The molecule has 2 aromatic heterocycles. The van der Waals surface area contributed by atoms with Crippen LogP contribution in [-0.2, 0) is 6.54 Å². The summed E-state index contributed by atoms with van der Waals surface area (Å²) in [6.45, 7) is 2.85. The third-order valence-corrected chi connectivity index (χ3v) is 5.11. The average Bonchev–Trinajstić information content (AvgIpc) is 2.81. The van der Waals surface area contributed by atoms with E-state index in [2.05, 4.69) is 12.2 Å². The van der Waals surface area contributed by atoms with Gasteiger partial charge in [-0.15, -0.1) is 22.7 Å². The van der Waals surface area contributed by atoms with Crippen molar-refractivity contribution in [1.82, 2.24) is 5.32 Å². The van der Waals surface area contributed by atoms with Gasteiger partial charge in [0.2, 0.25) is 0 Å². The predicted octanol–water partition coefficient (Wildman–Crippen LogP) is 5.62. The van der Waals surface area contributed by atoms with Crippen molar-refractivity contribution < 1.29 is 0 Å². The smallest absolute Gasteiger partial charge is 0.0991 e. The number of rotatable bonds is 4. The molecule has 6 heteroatoms. The Kier molecular flexibility index (Phi) is 4.75. The Morgan fingerprint density at radius 1 is 1.18 bits per heavy atom. The van der Waals surface area contributed by atoms with Gasteiger partial charge in [-0.1, -0.05) is 34.8 Å².